The van der Waals surface area contributed by atoms with Crippen LogP contribution in [0, 0.1) is 0 Å². The topological polar surface area (TPSA) is 120 Å². The number of rotatable bonds is 12. The maximum atomic E-state index is 5.58. The van der Waals surface area contributed by atoms with Crippen molar-refractivity contribution in [3.05, 3.63) is 0 Å². The average molecular weight is 438 g/mol. The number of nitrogens with one attached hydrogen (secondary N) is 2. The normalized spacial score (nSPS) is 18.4. The van der Waals surface area contributed by atoms with Crippen LogP contribution in [0.4, 0.5) is 17.8 Å². The Labute approximate surface area is 185 Å². The van der Waals surface area contributed by atoms with Crippen LogP contribution in [0.25, 0.3) is 0 Å². The van der Waals surface area contributed by atoms with E-state index >= 15 is 0 Å². The predicted molar refractivity (Wildman–Crippen MR) is 122 cm³/mol. The Bertz CT molecular complexity index is 609. The van der Waals surface area contributed by atoms with Crippen LogP contribution in [-0.2, 0) is 14.2 Å². The summed E-state index contributed by atoms with van der Waals surface area (Å²) in [7, 11) is 0. The lowest BCUT2D eigenvalue weighted by atomic mass is 9.97. The lowest BCUT2D eigenvalue weighted by molar-refractivity contribution is 0.0547. The highest BCUT2D eigenvalue weighted by molar-refractivity contribution is 5.44. The van der Waals surface area contributed by atoms with Gasteiger partial charge >= 0.3 is 0 Å². The highest BCUT2D eigenvalue weighted by atomic mass is 16.5. The van der Waals surface area contributed by atoms with Crippen molar-refractivity contribution in [1.82, 2.24) is 15.0 Å². The molecule has 1 saturated heterocycles. The molecule has 1 saturated carbocycles. The first kappa shape index (κ1) is 23.9. The Hall–Kier alpha value is -1.75. The molecule has 2 fully saturated rings. The summed E-state index contributed by atoms with van der Waals surface area (Å²) >= 11 is 0. The van der Waals surface area contributed by atoms with Crippen LogP contribution >= 0.6 is 0 Å². The van der Waals surface area contributed by atoms with Crippen molar-refractivity contribution in [3.8, 4) is 0 Å². The zero-order valence-corrected chi connectivity index (χ0v) is 18.7. The largest absolute Gasteiger partial charge is 0.378 e. The molecule has 0 radical (unpaired) electrons. The number of morpholine rings is 1. The summed E-state index contributed by atoms with van der Waals surface area (Å²) in [6.45, 7) is 6.34. The fraction of sp³-hybridized carbons (Fsp3) is 0.857. The van der Waals surface area contributed by atoms with Gasteiger partial charge in [0.05, 0.1) is 39.6 Å². The molecule has 10 heteroatoms. The van der Waals surface area contributed by atoms with Crippen LogP contribution in [0.15, 0.2) is 0 Å². The third kappa shape index (κ3) is 9.10. The molecule has 1 aliphatic heterocycles. The van der Waals surface area contributed by atoms with Crippen LogP contribution in [-0.4, -0.2) is 86.8 Å². The van der Waals surface area contributed by atoms with Crippen molar-refractivity contribution >= 4 is 17.8 Å². The summed E-state index contributed by atoms with van der Waals surface area (Å²) in [4.78, 5) is 16.2. The van der Waals surface area contributed by atoms with E-state index in [0.717, 1.165) is 13.1 Å². The Morgan fingerprint density at radius 2 is 1.55 bits per heavy atom. The minimum atomic E-state index is 0.421. The van der Waals surface area contributed by atoms with Crippen LogP contribution in [0.5, 0.6) is 0 Å². The van der Waals surface area contributed by atoms with Gasteiger partial charge in [-0.05, 0) is 12.8 Å². The van der Waals surface area contributed by atoms with Crippen molar-refractivity contribution in [2.75, 3.05) is 81.4 Å². The fourth-order valence-corrected chi connectivity index (χ4v) is 3.84. The number of ether oxygens (including phenoxy) is 3. The summed E-state index contributed by atoms with van der Waals surface area (Å²) in [6.07, 6.45) is 8.85. The number of nitrogens with two attached hydrogens (primary N) is 1. The average Bonchev–Trinajstić information content (AvgIpc) is 2.78. The monoisotopic (exact) mass is 437 g/mol. The van der Waals surface area contributed by atoms with Gasteiger partial charge in [-0.25, -0.2) is 0 Å². The van der Waals surface area contributed by atoms with E-state index in [1.165, 1.54) is 44.9 Å². The van der Waals surface area contributed by atoms with Gasteiger partial charge in [0, 0.05) is 32.2 Å². The number of hydrogen-bond donors (Lipinski definition) is 3. The van der Waals surface area contributed by atoms with Crippen molar-refractivity contribution in [2.45, 2.75) is 51.0 Å². The van der Waals surface area contributed by atoms with Crippen LogP contribution < -0.4 is 21.3 Å². The number of nitrogens with zero attached hydrogens (tertiary/aromatic N) is 4. The second-order valence-corrected chi connectivity index (χ2v) is 8.01. The molecule has 0 spiro atoms. The molecule has 0 aromatic carbocycles. The van der Waals surface area contributed by atoms with Gasteiger partial charge in [0.25, 0.3) is 0 Å². The van der Waals surface area contributed by atoms with Crippen LogP contribution in [0.2, 0.25) is 0 Å². The molecule has 2 heterocycles. The molecule has 2 aliphatic rings. The van der Waals surface area contributed by atoms with E-state index < -0.39 is 0 Å². The molecular formula is C21H39N7O3. The van der Waals surface area contributed by atoms with Crippen molar-refractivity contribution in [2.24, 2.45) is 5.73 Å². The molecule has 0 bridgehead atoms. The summed E-state index contributed by atoms with van der Waals surface area (Å²) in [5, 5.41) is 6.86. The second kappa shape index (κ2) is 14.3. The maximum absolute atomic E-state index is 5.58. The first-order valence-electron chi connectivity index (χ1n) is 11.8. The van der Waals surface area contributed by atoms with Crippen LogP contribution in [0.1, 0.15) is 44.9 Å². The number of anilines is 3. The number of aromatic nitrogens is 3. The van der Waals surface area contributed by atoms with Gasteiger partial charge in [0.2, 0.25) is 17.8 Å². The molecule has 10 nitrogen and oxygen atoms in total. The second-order valence-electron chi connectivity index (χ2n) is 8.01. The van der Waals surface area contributed by atoms with E-state index in [1.807, 2.05) is 0 Å². The van der Waals surface area contributed by atoms with E-state index in [4.69, 9.17) is 24.9 Å². The number of hydrogen-bond acceptors (Lipinski definition) is 10. The quantitative estimate of drug-likeness (QED) is 0.416. The molecule has 4 N–H and O–H groups in total. The van der Waals surface area contributed by atoms with Gasteiger partial charge in [-0.3, -0.25) is 0 Å². The summed E-state index contributed by atoms with van der Waals surface area (Å²) in [5.41, 5.74) is 5.40. The van der Waals surface area contributed by atoms with E-state index in [0.29, 0.717) is 76.6 Å². The highest BCUT2D eigenvalue weighted by Crippen LogP contribution is 2.21. The van der Waals surface area contributed by atoms with E-state index in [9.17, 15) is 0 Å². The Morgan fingerprint density at radius 3 is 2.29 bits per heavy atom. The minimum Gasteiger partial charge on any atom is -0.378 e. The predicted octanol–water partition coefficient (Wildman–Crippen LogP) is 1.64. The molecule has 1 aromatic heterocycles. The molecule has 1 aromatic rings. The Morgan fingerprint density at radius 1 is 0.871 bits per heavy atom. The molecule has 0 unspecified atom stereocenters. The van der Waals surface area contributed by atoms with Gasteiger partial charge in [0.15, 0.2) is 0 Å². The lowest BCUT2D eigenvalue weighted by Crippen LogP contribution is -2.37. The standard InChI is InChI=1S/C21H39N7O3/c22-8-12-29-16-17-30-13-9-23-19-25-20(24-18-6-4-2-1-3-5-7-18)27-21(26-19)28-10-14-31-15-11-28/h18H,1-17,22H2,(H2,23,24,25,26,27). The van der Waals surface area contributed by atoms with Gasteiger partial charge in [-0.2, -0.15) is 15.0 Å². The van der Waals surface area contributed by atoms with Crippen molar-refractivity contribution in [3.63, 3.8) is 0 Å². The third-order valence-electron chi connectivity index (χ3n) is 5.52. The van der Waals surface area contributed by atoms with Gasteiger partial charge < -0.3 is 35.5 Å². The lowest BCUT2D eigenvalue weighted by Gasteiger charge is -2.27. The Balaban J connectivity index is 1.55. The summed E-state index contributed by atoms with van der Waals surface area (Å²) < 4.78 is 16.4. The highest BCUT2D eigenvalue weighted by Gasteiger charge is 2.18. The molecule has 176 valence electrons. The van der Waals surface area contributed by atoms with Crippen LogP contribution in [0.3, 0.4) is 0 Å². The maximum Gasteiger partial charge on any atom is 0.232 e. The van der Waals surface area contributed by atoms with Gasteiger partial charge in [-0.1, -0.05) is 32.1 Å². The molecular weight excluding hydrogens is 398 g/mol. The first-order valence-corrected chi connectivity index (χ1v) is 11.8. The first-order chi connectivity index (χ1) is 15.3. The van der Waals surface area contributed by atoms with Gasteiger partial charge in [0.1, 0.15) is 0 Å². The zero-order valence-electron chi connectivity index (χ0n) is 18.7. The van der Waals surface area contributed by atoms with E-state index in [-0.39, 0.29) is 0 Å². The van der Waals surface area contributed by atoms with E-state index in [2.05, 4.69) is 25.5 Å². The van der Waals surface area contributed by atoms with Crippen molar-refractivity contribution in [1.29, 1.82) is 0 Å². The Kier molecular flexibility index (Phi) is 11.1. The third-order valence-corrected chi connectivity index (χ3v) is 5.52. The smallest absolute Gasteiger partial charge is 0.232 e. The van der Waals surface area contributed by atoms with Crippen molar-refractivity contribution < 1.29 is 14.2 Å². The van der Waals surface area contributed by atoms with E-state index in [1.54, 1.807) is 0 Å². The molecule has 1 aliphatic carbocycles. The molecule has 3 rings (SSSR count). The molecule has 0 amide bonds. The molecule has 0 atom stereocenters. The minimum absolute atomic E-state index is 0.421. The zero-order chi connectivity index (χ0) is 21.6. The summed E-state index contributed by atoms with van der Waals surface area (Å²) in [6, 6.07) is 0.421. The summed E-state index contributed by atoms with van der Waals surface area (Å²) in [5.74, 6) is 1.93. The fourth-order valence-electron chi connectivity index (χ4n) is 3.84. The van der Waals surface area contributed by atoms with Gasteiger partial charge in [-0.15, -0.1) is 0 Å². The molecule has 31 heavy (non-hydrogen) atoms. The SMILES string of the molecule is NCCOCCOCCNc1nc(NC2CCCCCCC2)nc(N2CCOCC2)n1.